The highest BCUT2D eigenvalue weighted by molar-refractivity contribution is 5.65. The van der Waals surface area contributed by atoms with Gasteiger partial charge in [0.05, 0.1) is 11.6 Å². The standard InChI is InChI=1S/C16H14N2O2/c17-11-13-2-1-3-15(10-13)14-6-4-12(5-7-14)8-9-18-16(19)20/h1-7,10,18H,8-9H2,(H,19,20). The second kappa shape index (κ2) is 6.39. The maximum atomic E-state index is 10.4. The van der Waals surface area contributed by atoms with E-state index in [2.05, 4.69) is 11.4 Å². The molecule has 0 aliphatic heterocycles. The van der Waals surface area contributed by atoms with Gasteiger partial charge in [-0.2, -0.15) is 5.26 Å². The summed E-state index contributed by atoms with van der Waals surface area (Å²) in [7, 11) is 0. The summed E-state index contributed by atoms with van der Waals surface area (Å²) in [6.07, 6.45) is -0.347. The zero-order valence-corrected chi connectivity index (χ0v) is 10.8. The van der Waals surface area contributed by atoms with Gasteiger partial charge < -0.3 is 10.4 Å². The van der Waals surface area contributed by atoms with Crippen molar-refractivity contribution in [3.8, 4) is 17.2 Å². The van der Waals surface area contributed by atoms with Gasteiger partial charge in [0.15, 0.2) is 0 Å². The summed E-state index contributed by atoms with van der Waals surface area (Å²) in [6, 6.07) is 17.5. The summed E-state index contributed by atoms with van der Waals surface area (Å²) in [4.78, 5) is 10.4. The van der Waals surface area contributed by atoms with Crippen LogP contribution in [0, 0.1) is 11.3 Å². The van der Waals surface area contributed by atoms with Gasteiger partial charge in [0.1, 0.15) is 0 Å². The molecule has 2 rings (SSSR count). The number of hydrogen-bond donors (Lipinski definition) is 2. The van der Waals surface area contributed by atoms with E-state index in [1.54, 1.807) is 6.07 Å². The molecule has 0 aliphatic carbocycles. The van der Waals surface area contributed by atoms with Gasteiger partial charge in [-0.1, -0.05) is 36.4 Å². The lowest BCUT2D eigenvalue weighted by Crippen LogP contribution is -2.23. The minimum absolute atomic E-state index is 0.401. The zero-order valence-electron chi connectivity index (χ0n) is 10.8. The summed E-state index contributed by atoms with van der Waals surface area (Å²) in [5.41, 5.74) is 3.74. The summed E-state index contributed by atoms with van der Waals surface area (Å²) in [5, 5.41) is 19.7. The van der Waals surface area contributed by atoms with Crippen LogP contribution in [0.2, 0.25) is 0 Å². The fourth-order valence-electron chi connectivity index (χ4n) is 1.95. The van der Waals surface area contributed by atoms with E-state index in [0.29, 0.717) is 18.5 Å². The molecule has 0 unspecified atom stereocenters. The van der Waals surface area contributed by atoms with Crippen LogP contribution in [0.5, 0.6) is 0 Å². The number of carboxylic acid groups (broad SMARTS) is 1. The van der Waals surface area contributed by atoms with Crippen LogP contribution in [0.25, 0.3) is 11.1 Å². The lowest BCUT2D eigenvalue weighted by atomic mass is 10.0. The van der Waals surface area contributed by atoms with Crippen molar-refractivity contribution in [2.24, 2.45) is 0 Å². The van der Waals surface area contributed by atoms with Crippen LogP contribution < -0.4 is 5.32 Å². The molecule has 0 radical (unpaired) electrons. The van der Waals surface area contributed by atoms with E-state index in [1.165, 1.54) is 0 Å². The minimum atomic E-state index is -1.00. The Bertz CT molecular complexity index is 642. The van der Waals surface area contributed by atoms with Crippen LogP contribution in [0.4, 0.5) is 4.79 Å². The van der Waals surface area contributed by atoms with Crippen molar-refractivity contribution in [3.05, 3.63) is 59.7 Å². The van der Waals surface area contributed by atoms with Crippen molar-refractivity contribution < 1.29 is 9.90 Å². The van der Waals surface area contributed by atoms with E-state index in [4.69, 9.17) is 10.4 Å². The van der Waals surface area contributed by atoms with Gasteiger partial charge in [0.25, 0.3) is 0 Å². The monoisotopic (exact) mass is 266 g/mol. The van der Waals surface area contributed by atoms with Crippen molar-refractivity contribution in [2.75, 3.05) is 6.54 Å². The van der Waals surface area contributed by atoms with E-state index < -0.39 is 6.09 Å². The van der Waals surface area contributed by atoms with Gasteiger partial charge in [0, 0.05) is 6.54 Å². The average molecular weight is 266 g/mol. The number of carbonyl (C=O) groups is 1. The predicted molar refractivity (Wildman–Crippen MR) is 76.3 cm³/mol. The van der Waals surface area contributed by atoms with E-state index in [-0.39, 0.29) is 0 Å². The highest BCUT2D eigenvalue weighted by Crippen LogP contribution is 2.20. The highest BCUT2D eigenvalue weighted by atomic mass is 16.4. The van der Waals surface area contributed by atoms with Gasteiger partial charge in [-0.15, -0.1) is 0 Å². The minimum Gasteiger partial charge on any atom is -0.465 e. The summed E-state index contributed by atoms with van der Waals surface area (Å²) in [5.74, 6) is 0. The fourth-order valence-corrected chi connectivity index (χ4v) is 1.95. The SMILES string of the molecule is N#Cc1cccc(-c2ccc(CCNC(=O)O)cc2)c1. The maximum absolute atomic E-state index is 10.4. The third kappa shape index (κ3) is 3.59. The van der Waals surface area contributed by atoms with Crippen LogP contribution in [-0.4, -0.2) is 17.7 Å². The first-order valence-electron chi connectivity index (χ1n) is 6.25. The molecule has 0 fully saturated rings. The predicted octanol–water partition coefficient (Wildman–Crippen LogP) is 3.04. The fraction of sp³-hybridized carbons (Fsp3) is 0.125. The third-order valence-corrected chi connectivity index (χ3v) is 2.97. The highest BCUT2D eigenvalue weighted by Gasteiger charge is 2.00. The molecule has 0 aromatic heterocycles. The van der Waals surface area contributed by atoms with Gasteiger partial charge in [0.2, 0.25) is 0 Å². The normalized spacial score (nSPS) is 9.75. The Balaban J connectivity index is 2.07. The molecule has 4 heteroatoms. The first-order chi connectivity index (χ1) is 9.69. The van der Waals surface area contributed by atoms with Crippen molar-refractivity contribution >= 4 is 6.09 Å². The van der Waals surface area contributed by atoms with E-state index in [0.717, 1.165) is 16.7 Å². The molecule has 0 spiro atoms. The van der Waals surface area contributed by atoms with E-state index >= 15 is 0 Å². The van der Waals surface area contributed by atoms with Gasteiger partial charge in [-0.3, -0.25) is 0 Å². The van der Waals surface area contributed by atoms with E-state index in [1.807, 2.05) is 42.5 Å². The first-order valence-corrected chi connectivity index (χ1v) is 6.25. The lowest BCUT2D eigenvalue weighted by Gasteiger charge is -2.05. The molecule has 0 atom stereocenters. The smallest absolute Gasteiger partial charge is 0.404 e. The largest absolute Gasteiger partial charge is 0.465 e. The number of benzene rings is 2. The molecular formula is C16H14N2O2. The molecule has 0 heterocycles. The molecule has 4 nitrogen and oxygen atoms in total. The summed E-state index contributed by atoms with van der Waals surface area (Å²) < 4.78 is 0. The second-order valence-corrected chi connectivity index (χ2v) is 4.37. The van der Waals surface area contributed by atoms with Crippen molar-refractivity contribution in [1.82, 2.24) is 5.32 Å². The zero-order chi connectivity index (χ0) is 14.4. The Hall–Kier alpha value is -2.80. The van der Waals surface area contributed by atoms with Crippen LogP contribution in [0.3, 0.4) is 0 Å². The summed E-state index contributed by atoms with van der Waals surface area (Å²) >= 11 is 0. The Morgan fingerprint density at radius 1 is 1.15 bits per heavy atom. The molecule has 2 N–H and O–H groups in total. The van der Waals surface area contributed by atoms with E-state index in [9.17, 15) is 4.79 Å². The molecule has 0 bridgehead atoms. The lowest BCUT2D eigenvalue weighted by molar-refractivity contribution is 0.194. The molecule has 2 aromatic rings. The molecule has 100 valence electrons. The third-order valence-electron chi connectivity index (χ3n) is 2.97. The number of nitrogens with one attached hydrogen (secondary N) is 1. The maximum Gasteiger partial charge on any atom is 0.404 e. The number of amides is 1. The van der Waals surface area contributed by atoms with Crippen LogP contribution in [0.15, 0.2) is 48.5 Å². The molecular weight excluding hydrogens is 252 g/mol. The number of nitriles is 1. The quantitative estimate of drug-likeness (QED) is 0.893. The van der Waals surface area contributed by atoms with Crippen LogP contribution in [-0.2, 0) is 6.42 Å². The van der Waals surface area contributed by atoms with Crippen molar-refractivity contribution in [1.29, 1.82) is 5.26 Å². The molecule has 20 heavy (non-hydrogen) atoms. The number of nitrogens with zero attached hydrogens (tertiary/aromatic N) is 1. The summed E-state index contributed by atoms with van der Waals surface area (Å²) in [6.45, 7) is 0.401. The molecule has 2 aromatic carbocycles. The van der Waals surface area contributed by atoms with Gasteiger partial charge >= 0.3 is 6.09 Å². The van der Waals surface area contributed by atoms with Gasteiger partial charge in [-0.05, 0) is 35.2 Å². The van der Waals surface area contributed by atoms with Crippen LogP contribution >= 0.6 is 0 Å². The second-order valence-electron chi connectivity index (χ2n) is 4.37. The van der Waals surface area contributed by atoms with Gasteiger partial charge in [-0.25, -0.2) is 4.79 Å². The molecule has 1 amide bonds. The number of hydrogen-bond acceptors (Lipinski definition) is 2. The Labute approximate surface area is 117 Å². The molecule has 0 aliphatic rings. The Kier molecular flexibility index (Phi) is 4.35. The van der Waals surface area contributed by atoms with Crippen molar-refractivity contribution in [3.63, 3.8) is 0 Å². The Morgan fingerprint density at radius 2 is 1.90 bits per heavy atom. The molecule has 0 saturated carbocycles. The average Bonchev–Trinajstić information content (AvgIpc) is 2.48. The molecule has 0 saturated heterocycles. The van der Waals surface area contributed by atoms with Crippen LogP contribution in [0.1, 0.15) is 11.1 Å². The topological polar surface area (TPSA) is 73.1 Å². The Morgan fingerprint density at radius 3 is 2.55 bits per heavy atom. The van der Waals surface area contributed by atoms with Crippen molar-refractivity contribution in [2.45, 2.75) is 6.42 Å². The first kappa shape index (κ1) is 13.6. The number of rotatable bonds is 4.